The maximum Gasteiger partial charge on any atom is 0.333 e. The molecule has 0 heterocycles. The molecule has 0 aromatic carbocycles. The summed E-state index contributed by atoms with van der Waals surface area (Å²) in [6.07, 6.45) is 44.3. The predicted molar refractivity (Wildman–Crippen MR) is 195 cm³/mol. The summed E-state index contributed by atoms with van der Waals surface area (Å²) in [6, 6.07) is 0. The predicted octanol–water partition coefficient (Wildman–Crippen LogP) is 13.1. The van der Waals surface area contributed by atoms with E-state index in [-0.39, 0.29) is 18.0 Å². The van der Waals surface area contributed by atoms with Crippen molar-refractivity contribution in [2.45, 2.75) is 200 Å². The van der Waals surface area contributed by atoms with E-state index in [2.05, 4.69) is 44.7 Å². The van der Waals surface area contributed by atoms with Crippen LogP contribution in [0.25, 0.3) is 0 Å². The van der Waals surface area contributed by atoms with E-state index in [1.54, 1.807) is 0 Å². The van der Waals surface area contributed by atoms with Crippen molar-refractivity contribution in [3.63, 3.8) is 0 Å². The molecule has 0 fully saturated rings. The van der Waals surface area contributed by atoms with Crippen LogP contribution in [0.5, 0.6) is 0 Å². The molecule has 0 unspecified atom stereocenters. The quantitative estimate of drug-likeness (QED) is 0.0302. The first-order chi connectivity index (χ1) is 22.1. The monoisotopic (exact) mass is 631 g/mol. The number of carbonyl (C=O) groups excluding carboxylic acids is 2. The fourth-order valence-corrected chi connectivity index (χ4v) is 5.45. The second kappa shape index (κ2) is 36.6. The Morgan fingerprint density at radius 3 is 1.13 bits per heavy atom. The van der Waals surface area contributed by atoms with E-state index in [0.29, 0.717) is 13.2 Å². The molecular weight excluding hydrogens is 556 g/mol. The van der Waals surface area contributed by atoms with Gasteiger partial charge in [0.05, 0.1) is 19.6 Å². The van der Waals surface area contributed by atoms with Gasteiger partial charge in [-0.2, -0.15) is 0 Å². The van der Waals surface area contributed by atoms with Crippen molar-refractivity contribution in [2.75, 3.05) is 13.2 Å². The number of carbonyl (C=O) groups is 2. The van der Waals surface area contributed by atoms with E-state index in [1.165, 1.54) is 154 Å². The fourth-order valence-electron chi connectivity index (χ4n) is 5.45. The molecule has 262 valence electrons. The zero-order valence-corrected chi connectivity index (χ0v) is 30.1. The highest BCUT2D eigenvalue weighted by atomic mass is 16.5. The summed E-state index contributed by atoms with van der Waals surface area (Å²) < 4.78 is 10.6. The summed E-state index contributed by atoms with van der Waals surface area (Å²) in [6.45, 7) is 9.07. The number of esters is 2. The molecular formula is C41H74O4. The second-order valence-corrected chi connectivity index (χ2v) is 13.0. The van der Waals surface area contributed by atoms with Crippen molar-refractivity contribution in [2.24, 2.45) is 0 Å². The van der Waals surface area contributed by atoms with Crippen LogP contribution in [-0.4, -0.2) is 25.2 Å². The molecule has 0 aliphatic heterocycles. The minimum Gasteiger partial charge on any atom is -0.465 e. The van der Waals surface area contributed by atoms with Gasteiger partial charge in [0.1, 0.15) is 0 Å². The van der Waals surface area contributed by atoms with Crippen molar-refractivity contribution in [3.05, 3.63) is 36.5 Å². The van der Waals surface area contributed by atoms with Crippen molar-refractivity contribution >= 4 is 11.9 Å². The van der Waals surface area contributed by atoms with E-state index in [1.807, 2.05) is 0 Å². The normalized spacial score (nSPS) is 11.5. The topological polar surface area (TPSA) is 52.6 Å². The van der Waals surface area contributed by atoms with Crippen LogP contribution in [-0.2, 0) is 19.1 Å². The number of allylic oxidation sites excluding steroid dienone is 4. The van der Waals surface area contributed by atoms with Gasteiger partial charge in [-0.05, 0) is 64.2 Å². The van der Waals surface area contributed by atoms with Crippen LogP contribution < -0.4 is 0 Å². The number of rotatable bonds is 35. The Balaban J connectivity index is 3.46. The lowest BCUT2D eigenvalue weighted by Gasteiger charge is -2.08. The van der Waals surface area contributed by atoms with E-state index < -0.39 is 5.97 Å². The smallest absolute Gasteiger partial charge is 0.333 e. The Morgan fingerprint density at radius 2 is 0.756 bits per heavy atom. The lowest BCUT2D eigenvalue weighted by Crippen LogP contribution is -2.14. The molecule has 0 saturated carbocycles. The first kappa shape index (κ1) is 43.2. The van der Waals surface area contributed by atoms with Crippen LogP contribution in [0.1, 0.15) is 200 Å². The molecule has 0 aromatic heterocycles. The lowest BCUT2D eigenvalue weighted by molar-refractivity contribution is -0.146. The van der Waals surface area contributed by atoms with E-state index in [9.17, 15) is 9.59 Å². The third-order valence-corrected chi connectivity index (χ3v) is 8.45. The Kier molecular flexibility index (Phi) is 35.1. The van der Waals surface area contributed by atoms with Gasteiger partial charge in [-0.1, -0.05) is 160 Å². The third kappa shape index (κ3) is 34.9. The molecule has 0 aliphatic rings. The molecule has 45 heavy (non-hydrogen) atoms. The number of hydrogen-bond donors (Lipinski definition) is 0. The molecule has 4 nitrogen and oxygen atoms in total. The minimum absolute atomic E-state index is 0.0847. The fraction of sp³-hybridized carbons (Fsp3) is 0.805. The summed E-state index contributed by atoms with van der Waals surface area (Å²) in [5.74, 6) is -0.862. The number of hydrogen-bond acceptors (Lipinski definition) is 4. The summed E-state index contributed by atoms with van der Waals surface area (Å²) in [7, 11) is 0. The standard InChI is InChI=1S/C41H74O4/c1-4-6-8-10-12-14-16-18-20-22-24-26-28-30-32-34-36-44-40(42)38-39(3)41(43)45-37-35-33-31-29-27-25-23-21-19-17-15-13-11-9-7-5-2/h18-21H,3-17,22-38H2,1-2H3/b20-18-,21-19-. The summed E-state index contributed by atoms with van der Waals surface area (Å²) in [5, 5.41) is 0. The van der Waals surface area contributed by atoms with Gasteiger partial charge in [-0.15, -0.1) is 0 Å². The van der Waals surface area contributed by atoms with Crippen molar-refractivity contribution in [1.29, 1.82) is 0 Å². The first-order valence-electron chi connectivity index (χ1n) is 19.4. The zero-order chi connectivity index (χ0) is 32.9. The molecule has 0 N–H and O–H groups in total. The number of unbranched alkanes of at least 4 members (excludes halogenated alkanes) is 24. The molecule has 0 saturated heterocycles. The van der Waals surface area contributed by atoms with E-state index >= 15 is 0 Å². The average Bonchev–Trinajstić information content (AvgIpc) is 3.03. The third-order valence-electron chi connectivity index (χ3n) is 8.45. The Hall–Kier alpha value is -1.84. The van der Waals surface area contributed by atoms with Crippen molar-refractivity contribution < 1.29 is 19.1 Å². The average molecular weight is 631 g/mol. The van der Waals surface area contributed by atoms with Crippen LogP contribution in [0.15, 0.2) is 36.5 Å². The van der Waals surface area contributed by atoms with Crippen LogP contribution >= 0.6 is 0 Å². The Labute approximate surface area is 280 Å². The van der Waals surface area contributed by atoms with Crippen LogP contribution in [0.4, 0.5) is 0 Å². The zero-order valence-electron chi connectivity index (χ0n) is 30.1. The SMILES string of the molecule is C=C(CC(=O)OCCCCCCCC/C=C\CCCCCCCC)C(=O)OCCCCCCCC/C=C\CCCCCCCC. The van der Waals surface area contributed by atoms with Gasteiger partial charge < -0.3 is 9.47 Å². The molecule has 0 bridgehead atoms. The van der Waals surface area contributed by atoms with Gasteiger partial charge in [0.2, 0.25) is 0 Å². The molecule has 0 rings (SSSR count). The largest absolute Gasteiger partial charge is 0.465 e. The van der Waals surface area contributed by atoms with Gasteiger partial charge in [0, 0.05) is 5.57 Å². The summed E-state index contributed by atoms with van der Waals surface area (Å²) in [4.78, 5) is 24.2. The molecule has 0 aromatic rings. The molecule has 0 amide bonds. The van der Waals surface area contributed by atoms with Crippen molar-refractivity contribution in [3.8, 4) is 0 Å². The minimum atomic E-state index is -0.475. The molecule has 0 radical (unpaired) electrons. The van der Waals surface area contributed by atoms with Crippen LogP contribution in [0, 0.1) is 0 Å². The molecule has 0 aliphatic carbocycles. The van der Waals surface area contributed by atoms with Crippen LogP contribution in [0.2, 0.25) is 0 Å². The molecule has 4 heteroatoms. The van der Waals surface area contributed by atoms with Gasteiger partial charge in [-0.3, -0.25) is 4.79 Å². The number of ether oxygens (including phenoxy) is 2. The highest BCUT2D eigenvalue weighted by molar-refractivity contribution is 5.93. The van der Waals surface area contributed by atoms with E-state index in [0.717, 1.165) is 25.7 Å². The molecule has 0 spiro atoms. The van der Waals surface area contributed by atoms with E-state index in [4.69, 9.17) is 9.47 Å². The first-order valence-corrected chi connectivity index (χ1v) is 19.4. The van der Waals surface area contributed by atoms with Crippen LogP contribution in [0.3, 0.4) is 0 Å². The maximum atomic E-state index is 12.1. The van der Waals surface area contributed by atoms with Gasteiger partial charge in [0.25, 0.3) is 0 Å². The summed E-state index contributed by atoms with van der Waals surface area (Å²) >= 11 is 0. The maximum absolute atomic E-state index is 12.1. The van der Waals surface area contributed by atoms with Gasteiger partial charge in [-0.25, -0.2) is 4.79 Å². The highest BCUT2D eigenvalue weighted by Gasteiger charge is 2.14. The Bertz CT molecular complexity index is 723. The Morgan fingerprint density at radius 1 is 0.444 bits per heavy atom. The van der Waals surface area contributed by atoms with Gasteiger partial charge >= 0.3 is 11.9 Å². The van der Waals surface area contributed by atoms with Crippen molar-refractivity contribution in [1.82, 2.24) is 0 Å². The lowest BCUT2D eigenvalue weighted by atomic mass is 10.1. The second-order valence-electron chi connectivity index (χ2n) is 13.0. The summed E-state index contributed by atoms with van der Waals surface area (Å²) in [5.41, 5.74) is 0.186. The molecule has 0 atom stereocenters. The highest BCUT2D eigenvalue weighted by Crippen LogP contribution is 2.12. The van der Waals surface area contributed by atoms with Gasteiger partial charge in [0.15, 0.2) is 0 Å².